The van der Waals surface area contributed by atoms with Crippen LogP contribution in [0.15, 0.2) is 36.5 Å². The molecule has 0 saturated carbocycles. The summed E-state index contributed by atoms with van der Waals surface area (Å²) in [5.41, 5.74) is 1.59. The van der Waals surface area contributed by atoms with Crippen molar-refractivity contribution in [3.63, 3.8) is 0 Å². The Morgan fingerprint density at radius 1 is 1.33 bits per heavy atom. The number of hydrogen-bond acceptors (Lipinski definition) is 4. The van der Waals surface area contributed by atoms with E-state index >= 15 is 0 Å². The Kier molecular flexibility index (Phi) is 3.89. The highest BCUT2D eigenvalue weighted by Crippen LogP contribution is 2.29. The number of nitrogens with one attached hydrogen (secondary N) is 1. The molecular weight excluding hydrogens is 252 g/mol. The molecule has 1 heterocycles. The first-order valence-corrected chi connectivity index (χ1v) is 5.79. The molecule has 0 atom stereocenters. The van der Waals surface area contributed by atoms with E-state index in [1.54, 1.807) is 18.3 Å². The van der Waals surface area contributed by atoms with Gasteiger partial charge >= 0.3 is 0 Å². The monoisotopic (exact) mass is 264 g/mol. The van der Waals surface area contributed by atoms with Crippen LogP contribution in [-0.2, 0) is 6.54 Å². The third kappa shape index (κ3) is 2.84. The maximum atomic E-state index is 9.91. The van der Waals surface area contributed by atoms with Crippen LogP contribution in [0.2, 0.25) is 5.15 Å². The van der Waals surface area contributed by atoms with Gasteiger partial charge in [0, 0.05) is 12.1 Å². The largest absolute Gasteiger partial charge is 0.504 e. The highest BCUT2D eigenvalue weighted by atomic mass is 35.5. The molecule has 94 valence electrons. The molecular formula is C13H13ClN2O2. The first-order valence-electron chi connectivity index (χ1n) is 5.41. The van der Waals surface area contributed by atoms with Crippen molar-refractivity contribution < 1.29 is 9.84 Å². The number of para-hydroxylation sites is 1. The van der Waals surface area contributed by atoms with Crippen LogP contribution in [0.1, 0.15) is 5.56 Å². The first-order chi connectivity index (χ1) is 8.70. The number of methoxy groups -OCH3 is 1. The van der Waals surface area contributed by atoms with E-state index in [0.29, 0.717) is 17.4 Å². The predicted molar refractivity (Wildman–Crippen MR) is 71.2 cm³/mol. The number of halogens is 1. The normalized spacial score (nSPS) is 10.1. The minimum atomic E-state index is 0.148. The number of phenols is 1. The second kappa shape index (κ2) is 5.60. The lowest BCUT2D eigenvalue weighted by atomic mass is 10.2. The zero-order valence-electron chi connectivity index (χ0n) is 9.85. The average molecular weight is 265 g/mol. The van der Waals surface area contributed by atoms with Crippen molar-refractivity contribution in [3.05, 3.63) is 47.2 Å². The van der Waals surface area contributed by atoms with E-state index in [2.05, 4.69) is 10.3 Å². The van der Waals surface area contributed by atoms with Gasteiger partial charge in [-0.3, -0.25) is 0 Å². The van der Waals surface area contributed by atoms with Crippen molar-refractivity contribution in [2.45, 2.75) is 6.54 Å². The molecule has 1 aromatic heterocycles. The van der Waals surface area contributed by atoms with Crippen molar-refractivity contribution in [2.75, 3.05) is 12.4 Å². The van der Waals surface area contributed by atoms with Gasteiger partial charge in [0.25, 0.3) is 0 Å². The van der Waals surface area contributed by atoms with Gasteiger partial charge in [-0.25, -0.2) is 4.98 Å². The van der Waals surface area contributed by atoms with E-state index in [-0.39, 0.29) is 5.75 Å². The van der Waals surface area contributed by atoms with Gasteiger partial charge in [-0.2, -0.15) is 0 Å². The van der Waals surface area contributed by atoms with Crippen LogP contribution in [0.25, 0.3) is 0 Å². The molecule has 0 aliphatic heterocycles. The van der Waals surface area contributed by atoms with Gasteiger partial charge in [0.1, 0.15) is 5.15 Å². The Hall–Kier alpha value is -1.94. The molecule has 0 radical (unpaired) electrons. The lowest BCUT2D eigenvalue weighted by molar-refractivity contribution is 0.371. The maximum Gasteiger partial charge on any atom is 0.162 e. The van der Waals surface area contributed by atoms with E-state index in [1.165, 1.54) is 7.11 Å². The van der Waals surface area contributed by atoms with E-state index in [1.807, 2.05) is 18.2 Å². The summed E-state index contributed by atoms with van der Waals surface area (Å²) in [4.78, 5) is 3.96. The number of nitrogens with zero attached hydrogens (tertiary/aromatic N) is 1. The van der Waals surface area contributed by atoms with Crippen molar-refractivity contribution in [3.8, 4) is 11.5 Å². The van der Waals surface area contributed by atoms with E-state index in [0.717, 1.165) is 11.3 Å². The number of pyridine rings is 1. The number of aromatic nitrogens is 1. The molecule has 0 spiro atoms. The molecule has 18 heavy (non-hydrogen) atoms. The topological polar surface area (TPSA) is 54.4 Å². The van der Waals surface area contributed by atoms with Crippen molar-refractivity contribution >= 4 is 17.3 Å². The summed E-state index contributed by atoms with van der Waals surface area (Å²) in [6.07, 6.45) is 1.64. The molecule has 1 aromatic carbocycles. The summed E-state index contributed by atoms with van der Waals surface area (Å²) in [5, 5.41) is 13.5. The van der Waals surface area contributed by atoms with Crippen LogP contribution in [-0.4, -0.2) is 17.2 Å². The quantitative estimate of drug-likeness (QED) is 0.834. The summed E-state index contributed by atoms with van der Waals surface area (Å²) in [6, 6.07) is 8.90. The zero-order chi connectivity index (χ0) is 13.0. The summed E-state index contributed by atoms with van der Waals surface area (Å²) >= 11 is 5.70. The second-order valence-electron chi connectivity index (χ2n) is 3.69. The lowest BCUT2D eigenvalue weighted by Crippen LogP contribution is -2.00. The second-order valence-corrected chi connectivity index (χ2v) is 4.08. The Morgan fingerprint density at radius 3 is 2.83 bits per heavy atom. The first kappa shape index (κ1) is 12.5. The van der Waals surface area contributed by atoms with Crippen LogP contribution in [0, 0.1) is 0 Å². The smallest absolute Gasteiger partial charge is 0.162 e. The third-order valence-corrected chi connectivity index (χ3v) is 2.74. The van der Waals surface area contributed by atoms with Gasteiger partial charge in [-0.05, 0) is 18.2 Å². The zero-order valence-corrected chi connectivity index (χ0v) is 10.6. The fraction of sp³-hybridized carbons (Fsp3) is 0.154. The van der Waals surface area contributed by atoms with Crippen molar-refractivity contribution in [2.24, 2.45) is 0 Å². The van der Waals surface area contributed by atoms with Crippen molar-refractivity contribution in [1.82, 2.24) is 4.98 Å². The van der Waals surface area contributed by atoms with Gasteiger partial charge in [0.05, 0.1) is 19.0 Å². The summed E-state index contributed by atoms with van der Waals surface area (Å²) in [6.45, 7) is 0.479. The molecule has 2 aromatic rings. The van der Waals surface area contributed by atoms with Gasteiger partial charge in [-0.1, -0.05) is 23.7 Å². The Bertz CT molecular complexity index is 529. The van der Waals surface area contributed by atoms with E-state index in [9.17, 15) is 5.11 Å². The Labute approximate surface area is 110 Å². The average Bonchev–Trinajstić information content (AvgIpc) is 2.39. The molecule has 0 amide bonds. The summed E-state index contributed by atoms with van der Waals surface area (Å²) < 4.78 is 5.05. The molecule has 5 heteroatoms. The van der Waals surface area contributed by atoms with E-state index < -0.39 is 0 Å². The van der Waals surface area contributed by atoms with Crippen LogP contribution in [0.3, 0.4) is 0 Å². The van der Waals surface area contributed by atoms with Gasteiger partial charge < -0.3 is 15.2 Å². The number of ether oxygens (including phenoxy) is 1. The number of phenolic OH excluding ortho intramolecular Hbond substituents is 1. The SMILES string of the molecule is COc1cccc(CNc2ccc(Cl)nc2)c1O. The minimum Gasteiger partial charge on any atom is -0.504 e. The molecule has 2 rings (SSSR count). The van der Waals surface area contributed by atoms with Crippen LogP contribution in [0.5, 0.6) is 11.5 Å². The highest BCUT2D eigenvalue weighted by Gasteiger charge is 2.06. The fourth-order valence-corrected chi connectivity index (χ4v) is 1.66. The number of anilines is 1. The van der Waals surface area contributed by atoms with Gasteiger partial charge in [0.15, 0.2) is 11.5 Å². The molecule has 0 fully saturated rings. The minimum absolute atomic E-state index is 0.148. The highest BCUT2D eigenvalue weighted by molar-refractivity contribution is 6.29. The summed E-state index contributed by atoms with van der Waals surface area (Å²) in [5.74, 6) is 0.609. The molecule has 0 aliphatic carbocycles. The van der Waals surface area contributed by atoms with Crippen LogP contribution < -0.4 is 10.1 Å². The van der Waals surface area contributed by atoms with E-state index in [4.69, 9.17) is 16.3 Å². The third-order valence-electron chi connectivity index (χ3n) is 2.51. The Morgan fingerprint density at radius 2 is 2.17 bits per heavy atom. The van der Waals surface area contributed by atoms with Crippen LogP contribution in [0.4, 0.5) is 5.69 Å². The Balaban J connectivity index is 2.08. The molecule has 0 bridgehead atoms. The number of rotatable bonds is 4. The lowest BCUT2D eigenvalue weighted by Gasteiger charge is -2.10. The predicted octanol–water partition coefficient (Wildman–Crippen LogP) is 3.06. The molecule has 0 saturated heterocycles. The number of benzene rings is 1. The number of hydrogen-bond donors (Lipinski definition) is 2. The molecule has 2 N–H and O–H groups in total. The summed E-state index contributed by atoms with van der Waals surface area (Å²) in [7, 11) is 1.52. The number of aromatic hydroxyl groups is 1. The van der Waals surface area contributed by atoms with Gasteiger partial charge in [0.2, 0.25) is 0 Å². The molecule has 0 aliphatic rings. The van der Waals surface area contributed by atoms with Crippen molar-refractivity contribution in [1.29, 1.82) is 0 Å². The molecule has 4 nitrogen and oxygen atoms in total. The van der Waals surface area contributed by atoms with Gasteiger partial charge in [-0.15, -0.1) is 0 Å². The molecule has 0 unspecified atom stereocenters. The fourth-order valence-electron chi connectivity index (χ4n) is 1.55. The maximum absolute atomic E-state index is 9.91. The van der Waals surface area contributed by atoms with Crippen LogP contribution >= 0.6 is 11.6 Å². The standard InChI is InChI=1S/C13H13ClN2O2/c1-18-11-4-2-3-9(13(11)17)7-15-10-5-6-12(14)16-8-10/h2-6,8,15,17H,7H2,1H3.